The average molecular weight is 302 g/mol. The first-order valence-electron chi connectivity index (χ1n) is 6.42. The van der Waals surface area contributed by atoms with Gasteiger partial charge in [0.2, 0.25) is 0 Å². The van der Waals surface area contributed by atoms with Gasteiger partial charge < -0.3 is 4.52 Å². The molecule has 0 bridgehead atoms. The molecule has 0 aliphatic carbocycles. The van der Waals surface area contributed by atoms with Crippen LogP contribution in [0.25, 0.3) is 10.8 Å². The van der Waals surface area contributed by atoms with Gasteiger partial charge in [0.25, 0.3) is 10.0 Å². The Bertz CT molecular complexity index is 894. The van der Waals surface area contributed by atoms with E-state index in [2.05, 4.69) is 9.88 Å². The minimum atomic E-state index is -3.67. The molecule has 0 spiro atoms. The van der Waals surface area contributed by atoms with Crippen LogP contribution in [0.1, 0.15) is 11.5 Å². The Morgan fingerprint density at radius 1 is 1.05 bits per heavy atom. The highest BCUT2D eigenvalue weighted by atomic mass is 32.2. The van der Waals surface area contributed by atoms with Crippen molar-refractivity contribution < 1.29 is 12.9 Å². The fourth-order valence-electron chi connectivity index (χ4n) is 2.16. The Balaban J connectivity index is 2.04. The molecule has 0 saturated carbocycles. The molecule has 1 heterocycles. The van der Waals surface area contributed by atoms with E-state index < -0.39 is 10.0 Å². The summed E-state index contributed by atoms with van der Waals surface area (Å²) in [5.74, 6) is 0.442. The summed E-state index contributed by atoms with van der Waals surface area (Å²) >= 11 is 0. The van der Waals surface area contributed by atoms with Crippen LogP contribution in [0.3, 0.4) is 0 Å². The quantitative estimate of drug-likeness (QED) is 0.806. The normalized spacial score (nSPS) is 11.7. The number of hydrogen-bond donors (Lipinski definition) is 1. The van der Waals surface area contributed by atoms with Crippen molar-refractivity contribution in [2.45, 2.75) is 18.7 Å². The standard InChI is InChI=1S/C15H14N2O3S/c1-10-15(11(2)20-16-10)17-21(18,19)14-8-7-12-5-3-4-6-13(12)9-14/h3-9,17H,1-2H3. The van der Waals surface area contributed by atoms with E-state index in [1.807, 2.05) is 24.3 Å². The first-order valence-corrected chi connectivity index (χ1v) is 7.90. The third-order valence-electron chi connectivity index (χ3n) is 3.30. The summed E-state index contributed by atoms with van der Waals surface area (Å²) < 4.78 is 32.4. The molecule has 1 aromatic heterocycles. The van der Waals surface area contributed by atoms with Crippen molar-refractivity contribution in [3.8, 4) is 0 Å². The van der Waals surface area contributed by atoms with Crippen molar-refractivity contribution in [1.29, 1.82) is 0 Å². The Hall–Kier alpha value is -2.34. The van der Waals surface area contributed by atoms with E-state index in [-0.39, 0.29) is 4.90 Å². The maximum Gasteiger partial charge on any atom is 0.262 e. The lowest BCUT2D eigenvalue weighted by atomic mass is 10.1. The van der Waals surface area contributed by atoms with Crippen LogP contribution in [0.15, 0.2) is 51.9 Å². The second kappa shape index (κ2) is 4.89. The zero-order valence-corrected chi connectivity index (χ0v) is 12.4. The lowest BCUT2D eigenvalue weighted by molar-refractivity contribution is 0.393. The molecule has 1 N–H and O–H groups in total. The van der Waals surface area contributed by atoms with Crippen molar-refractivity contribution >= 4 is 26.5 Å². The number of fused-ring (bicyclic) bond motifs is 1. The molecule has 0 aliphatic heterocycles. The minimum absolute atomic E-state index is 0.209. The van der Waals surface area contributed by atoms with Crippen molar-refractivity contribution in [3.63, 3.8) is 0 Å². The maximum atomic E-state index is 12.5. The van der Waals surface area contributed by atoms with Gasteiger partial charge in [-0.1, -0.05) is 35.5 Å². The topological polar surface area (TPSA) is 72.2 Å². The summed E-state index contributed by atoms with van der Waals surface area (Å²) in [6.07, 6.45) is 0. The van der Waals surface area contributed by atoms with E-state index in [9.17, 15) is 8.42 Å². The monoisotopic (exact) mass is 302 g/mol. The predicted octanol–water partition coefficient (Wildman–Crippen LogP) is 3.25. The van der Waals surface area contributed by atoms with Gasteiger partial charge in [0.15, 0.2) is 5.76 Å². The maximum absolute atomic E-state index is 12.5. The van der Waals surface area contributed by atoms with Gasteiger partial charge in [-0.2, -0.15) is 0 Å². The van der Waals surface area contributed by atoms with E-state index in [1.165, 1.54) is 0 Å². The number of rotatable bonds is 3. The van der Waals surface area contributed by atoms with Crippen LogP contribution in [0.5, 0.6) is 0 Å². The first kappa shape index (κ1) is 13.6. The highest BCUT2D eigenvalue weighted by molar-refractivity contribution is 7.92. The molecule has 0 atom stereocenters. The molecule has 6 heteroatoms. The van der Waals surface area contributed by atoms with E-state index in [0.29, 0.717) is 17.1 Å². The van der Waals surface area contributed by atoms with E-state index in [1.54, 1.807) is 32.0 Å². The van der Waals surface area contributed by atoms with Gasteiger partial charge in [-0.05, 0) is 36.8 Å². The molecule has 0 fully saturated rings. The number of anilines is 1. The van der Waals surface area contributed by atoms with Gasteiger partial charge in [0, 0.05) is 0 Å². The van der Waals surface area contributed by atoms with Crippen LogP contribution in [0.4, 0.5) is 5.69 Å². The smallest absolute Gasteiger partial charge is 0.262 e. The number of aromatic nitrogens is 1. The van der Waals surface area contributed by atoms with Gasteiger partial charge in [-0.25, -0.2) is 8.42 Å². The lowest BCUT2D eigenvalue weighted by Gasteiger charge is -2.08. The molecule has 0 saturated heterocycles. The van der Waals surface area contributed by atoms with E-state index >= 15 is 0 Å². The van der Waals surface area contributed by atoms with Crippen LogP contribution in [0, 0.1) is 13.8 Å². The Kier molecular flexibility index (Phi) is 3.17. The van der Waals surface area contributed by atoms with Gasteiger partial charge in [0.1, 0.15) is 11.4 Å². The molecule has 0 unspecified atom stereocenters. The third kappa shape index (κ3) is 2.50. The van der Waals surface area contributed by atoms with Crippen molar-refractivity contribution in [2.24, 2.45) is 0 Å². The SMILES string of the molecule is Cc1noc(C)c1NS(=O)(=O)c1ccc2ccccc2c1. The number of aryl methyl sites for hydroxylation is 2. The van der Waals surface area contributed by atoms with E-state index in [4.69, 9.17) is 4.52 Å². The van der Waals surface area contributed by atoms with Crippen molar-refractivity contribution in [3.05, 3.63) is 53.9 Å². The number of benzene rings is 2. The molecule has 0 radical (unpaired) electrons. The van der Waals surface area contributed by atoms with Crippen LogP contribution < -0.4 is 4.72 Å². The van der Waals surface area contributed by atoms with Gasteiger partial charge in [0.05, 0.1) is 4.90 Å². The minimum Gasteiger partial charge on any atom is -0.359 e. The Morgan fingerprint density at radius 2 is 1.76 bits per heavy atom. The Labute approximate surface area is 122 Å². The van der Waals surface area contributed by atoms with Gasteiger partial charge in [-0.15, -0.1) is 0 Å². The summed E-state index contributed by atoms with van der Waals surface area (Å²) in [6.45, 7) is 3.35. The van der Waals surface area contributed by atoms with Crippen LogP contribution in [-0.4, -0.2) is 13.6 Å². The van der Waals surface area contributed by atoms with Gasteiger partial charge >= 0.3 is 0 Å². The fraction of sp³-hybridized carbons (Fsp3) is 0.133. The lowest BCUT2D eigenvalue weighted by Crippen LogP contribution is -2.13. The molecule has 2 aromatic carbocycles. The van der Waals surface area contributed by atoms with E-state index in [0.717, 1.165) is 10.8 Å². The molecule has 108 valence electrons. The number of nitrogens with one attached hydrogen (secondary N) is 1. The van der Waals surface area contributed by atoms with Crippen LogP contribution >= 0.6 is 0 Å². The van der Waals surface area contributed by atoms with Crippen molar-refractivity contribution in [2.75, 3.05) is 4.72 Å². The third-order valence-corrected chi connectivity index (χ3v) is 4.65. The van der Waals surface area contributed by atoms with Crippen molar-refractivity contribution in [1.82, 2.24) is 5.16 Å². The molecule has 0 aliphatic rings. The van der Waals surface area contributed by atoms with Gasteiger partial charge in [-0.3, -0.25) is 4.72 Å². The molecular weight excluding hydrogens is 288 g/mol. The molecule has 21 heavy (non-hydrogen) atoms. The first-order chi connectivity index (χ1) is 9.97. The Morgan fingerprint density at radius 3 is 2.43 bits per heavy atom. The molecule has 3 rings (SSSR count). The average Bonchev–Trinajstić information content (AvgIpc) is 2.78. The number of nitrogens with zero attached hydrogens (tertiary/aromatic N) is 1. The molecule has 0 amide bonds. The zero-order valence-electron chi connectivity index (χ0n) is 11.6. The summed E-state index contributed by atoms with van der Waals surface area (Å²) in [4.78, 5) is 0.209. The summed E-state index contributed by atoms with van der Waals surface area (Å²) in [7, 11) is -3.67. The molecule has 3 aromatic rings. The zero-order chi connectivity index (χ0) is 15.0. The van der Waals surface area contributed by atoms with Crippen LogP contribution in [-0.2, 0) is 10.0 Å². The summed E-state index contributed by atoms with van der Waals surface area (Å²) in [5.41, 5.74) is 0.903. The number of hydrogen-bond acceptors (Lipinski definition) is 4. The second-order valence-corrected chi connectivity index (χ2v) is 6.50. The highest BCUT2D eigenvalue weighted by Gasteiger charge is 2.19. The summed E-state index contributed by atoms with van der Waals surface area (Å²) in [5, 5.41) is 5.61. The predicted molar refractivity (Wildman–Crippen MR) is 80.7 cm³/mol. The number of sulfonamides is 1. The highest BCUT2D eigenvalue weighted by Crippen LogP contribution is 2.24. The molecular formula is C15H14N2O3S. The largest absolute Gasteiger partial charge is 0.359 e. The summed E-state index contributed by atoms with van der Waals surface area (Å²) in [6, 6.07) is 12.6. The second-order valence-electron chi connectivity index (χ2n) is 4.81. The molecule has 5 nitrogen and oxygen atoms in total. The van der Waals surface area contributed by atoms with Crippen LogP contribution in [0.2, 0.25) is 0 Å². The fourth-order valence-corrected chi connectivity index (χ4v) is 3.36.